The summed E-state index contributed by atoms with van der Waals surface area (Å²) in [6.07, 6.45) is 6.61. The predicted octanol–water partition coefficient (Wildman–Crippen LogP) is 2.79. The van der Waals surface area contributed by atoms with Gasteiger partial charge in [0.25, 0.3) is 0 Å². The second-order valence-corrected chi connectivity index (χ2v) is 9.85. The number of para-hydroxylation sites is 1. The van der Waals surface area contributed by atoms with Crippen LogP contribution in [0.2, 0.25) is 0 Å². The molecule has 0 unspecified atom stereocenters. The molecule has 0 amide bonds. The third kappa shape index (κ3) is 4.38. The van der Waals surface area contributed by atoms with Gasteiger partial charge in [-0.1, -0.05) is 18.2 Å². The first-order chi connectivity index (χ1) is 13.5. The van der Waals surface area contributed by atoms with E-state index in [1.54, 1.807) is 25.4 Å². The first kappa shape index (κ1) is 19.8. The summed E-state index contributed by atoms with van der Waals surface area (Å²) in [6, 6.07) is 9.02. The van der Waals surface area contributed by atoms with Crippen molar-refractivity contribution in [1.82, 2.24) is 14.6 Å². The fourth-order valence-electron chi connectivity index (χ4n) is 4.16. The molecular formula is C21H29N3O3S. The molecule has 2 aliphatic rings. The maximum absolute atomic E-state index is 13.3. The number of pyridine rings is 1. The number of likely N-dealkylation sites (tertiary alicyclic amines) is 1. The van der Waals surface area contributed by atoms with Crippen molar-refractivity contribution in [2.75, 3.05) is 33.4 Å². The van der Waals surface area contributed by atoms with Crippen molar-refractivity contribution in [2.45, 2.75) is 42.5 Å². The first-order valence-electron chi connectivity index (χ1n) is 10.1. The standard InChI is InChI=1S/C21H29N3O3S/c1-27-15-11-21(9-13-24(14-10-21)16-17-7-8-17)23-28(25,26)19-6-2-4-18-5-3-12-22-20(18)19/h2-6,12,17,23H,7-11,13-16H2,1H3. The normalized spacial score (nSPS) is 20.5. The minimum absolute atomic E-state index is 0.253. The van der Waals surface area contributed by atoms with Crippen LogP contribution in [0.3, 0.4) is 0 Å². The SMILES string of the molecule is COCCC1(NS(=O)(=O)c2cccc3cccnc23)CCN(CC2CC2)CC1. The van der Waals surface area contributed by atoms with Gasteiger partial charge in [0, 0.05) is 37.4 Å². The van der Waals surface area contributed by atoms with Crippen LogP contribution >= 0.6 is 0 Å². The highest BCUT2D eigenvalue weighted by Crippen LogP contribution is 2.34. The zero-order chi connectivity index (χ0) is 19.6. The highest BCUT2D eigenvalue weighted by atomic mass is 32.2. The van der Waals surface area contributed by atoms with Crippen molar-refractivity contribution < 1.29 is 13.2 Å². The molecule has 1 aromatic carbocycles. The van der Waals surface area contributed by atoms with E-state index in [0.717, 1.165) is 43.8 Å². The molecule has 0 radical (unpaired) electrons. The van der Waals surface area contributed by atoms with E-state index in [1.165, 1.54) is 12.8 Å². The van der Waals surface area contributed by atoms with Crippen LogP contribution in [0.5, 0.6) is 0 Å². The largest absolute Gasteiger partial charge is 0.385 e. The highest BCUT2D eigenvalue weighted by molar-refractivity contribution is 7.89. The van der Waals surface area contributed by atoms with Gasteiger partial charge < -0.3 is 9.64 Å². The number of benzene rings is 1. The Morgan fingerprint density at radius 3 is 2.68 bits per heavy atom. The van der Waals surface area contributed by atoms with E-state index < -0.39 is 15.6 Å². The number of methoxy groups -OCH3 is 1. The first-order valence-corrected chi connectivity index (χ1v) is 11.6. The Morgan fingerprint density at radius 2 is 1.96 bits per heavy atom. The Balaban J connectivity index is 1.57. The second kappa shape index (κ2) is 8.06. The number of rotatable bonds is 8. The maximum atomic E-state index is 13.3. The number of hydrogen-bond donors (Lipinski definition) is 1. The van der Waals surface area contributed by atoms with Gasteiger partial charge in [0.15, 0.2) is 0 Å². The summed E-state index contributed by atoms with van der Waals surface area (Å²) in [5.74, 6) is 0.852. The highest BCUT2D eigenvalue weighted by Gasteiger charge is 2.39. The minimum atomic E-state index is -3.69. The van der Waals surface area contributed by atoms with Gasteiger partial charge in [-0.2, -0.15) is 0 Å². The van der Waals surface area contributed by atoms with Crippen LogP contribution < -0.4 is 4.72 Å². The Bertz CT molecular complexity index is 914. The van der Waals surface area contributed by atoms with E-state index in [0.29, 0.717) is 18.5 Å². The van der Waals surface area contributed by atoms with Crippen LogP contribution in [-0.4, -0.2) is 57.2 Å². The van der Waals surface area contributed by atoms with Crippen LogP contribution in [0.1, 0.15) is 32.1 Å². The topological polar surface area (TPSA) is 71.5 Å². The molecule has 6 nitrogen and oxygen atoms in total. The summed E-state index contributed by atoms with van der Waals surface area (Å²) in [5.41, 5.74) is 0.0526. The minimum Gasteiger partial charge on any atom is -0.385 e. The Labute approximate surface area is 167 Å². The molecule has 2 heterocycles. The molecule has 1 saturated carbocycles. The van der Waals surface area contributed by atoms with Gasteiger partial charge in [0.05, 0.1) is 5.52 Å². The molecule has 1 N–H and O–H groups in total. The fourth-order valence-corrected chi connectivity index (χ4v) is 5.83. The Hall–Kier alpha value is -1.54. The van der Waals surface area contributed by atoms with Gasteiger partial charge in [0.2, 0.25) is 10.0 Å². The van der Waals surface area contributed by atoms with Crippen molar-refractivity contribution in [3.63, 3.8) is 0 Å². The van der Waals surface area contributed by atoms with E-state index in [-0.39, 0.29) is 4.90 Å². The lowest BCUT2D eigenvalue weighted by Gasteiger charge is -2.42. The smallest absolute Gasteiger partial charge is 0.243 e. The molecule has 1 aliphatic heterocycles. The molecule has 2 aromatic rings. The average molecular weight is 404 g/mol. The van der Waals surface area contributed by atoms with Crippen molar-refractivity contribution in [3.05, 3.63) is 36.5 Å². The van der Waals surface area contributed by atoms with Crippen molar-refractivity contribution in [3.8, 4) is 0 Å². The number of nitrogens with zero attached hydrogens (tertiary/aromatic N) is 2. The molecule has 152 valence electrons. The number of piperidine rings is 1. The van der Waals surface area contributed by atoms with Crippen molar-refractivity contribution >= 4 is 20.9 Å². The Kier molecular flexibility index (Phi) is 5.69. The van der Waals surface area contributed by atoms with Gasteiger partial charge in [-0.15, -0.1) is 0 Å². The predicted molar refractivity (Wildman–Crippen MR) is 110 cm³/mol. The number of ether oxygens (including phenoxy) is 1. The number of hydrogen-bond acceptors (Lipinski definition) is 5. The van der Waals surface area contributed by atoms with E-state index in [9.17, 15) is 8.42 Å². The molecule has 1 aliphatic carbocycles. The van der Waals surface area contributed by atoms with Crippen molar-refractivity contribution in [1.29, 1.82) is 0 Å². The van der Waals surface area contributed by atoms with Gasteiger partial charge in [-0.3, -0.25) is 4.98 Å². The van der Waals surface area contributed by atoms with Crippen LogP contribution in [0.25, 0.3) is 10.9 Å². The number of sulfonamides is 1. The van der Waals surface area contributed by atoms with Gasteiger partial charge in [-0.25, -0.2) is 13.1 Å². The molecule has 28 heavy (non-hydrogen) atoms. The molecule has 1 aromatic heterocycles. The molecular weight excluding hydrogens is 374 g/mol. The maximum Gasteiger partial charge on any atom is 0.243 e. The van der Waals surface area contributed by atoms with Crippen LogP contribution in [0.15, 0.2) is 41.4 Å². The molecule has 0 atom stereocenters. The van der Waals surface area contributed by atoms with Crippen LogP contribution in [0, 0.1) is 5.92 Å². The molecule has 0 spiro atoms. The number of nitrogens with one attached hydrogen (secondary N) is 1. The summed E-state index contributed by atoms with van der Waals surface area (Å²) in [6.45, 7) is 3.55. The molecule has 1 saturated heterocycles. The lowest BCUT2D eigenvalue weighted by Crippen LogP contribution is -2.55. The molecule has 2 fully saturated rings. The second-order valence-electron chi connectivity index (χ2n) is 8.20. The molecule has 7 heteroatoms. The average Bonchev–Trinajstić information content (AvgIpc) is 3.52. The zero-order valence-corrected chi connectivity index (χ0v) is 17.2. The van der Waals surface area contributed by atoms with Gasteiger partial charge >= 0.3 is 0 Å². The molecule has 4 rings (SSSR count). The summed E-state index contributed by atoms with van der Waals surface area (Å²) < 4.78 is 35.1. The van der Waals surface area contributed by atoms with Gasteiger partial charge in [0.1, 0.15) is 4.90 Å². The van der Waals surface area contributed by atoms with E-state index in [4.69, 9.17) is 4.74 Å². The van der Waals surface area contributed by atoms with E-state index in [2.05, 4.69) is 14.6 Å². The summed E-state index contributed by atoms with van der Waals surface area (Å²) in [5, 5.41) is 0.829. The third-order valence-corrected chi connectivity index (χ3v) is 7.66. The lowest BCUT2D eigenvalue weighted by molar-refractivity contribution is 0.105. The summed E-state index contributed by atoms with van der Waals surface area (Å²) in [7, 11) is -2.02. The van der Waals surface area contributed by atoms with Gasteiger partial charge in [-0.05, 0) is 63.2 Å². The third-order valence-electron chi connectivity index (χ3n) is 6.05. The Morgan fingerprint density at radius 1 is 1.21 bits per heavy atom. The number of aromatic nitrogens is 1. The van der Waals surface area contributed by atoms with Crippen molar-refractivity contribution in [2.24, 2.45) is 5.92 Å². The fraction of sp³-hybridized carbons (Fsp3) is 0.571. The number of fused-ring (bicyclic) bond motifs is 1. The quantitative estimate of drug-likeness (QED) is 0.734. The molecule has 0 bridgehead atoms. The van der Waals surface area contributed by atoms with E-state index in [1.807, 2.05) is 18.2 Å². The zero-order valence-electron chi connectivity index (χ0n) is 16.4. The lowest BCUT2D eigenvalue weighted by atomic mass is 9.85. The summed E-state index contributed by atoms with van der Waals surface area (Å²) >= 11 is 0. The summed E-state index contributed by atoms with van der Waals surface area (Å²) in [4.78, 5) is 7.06. The van der Waals surface area contributed by atoms with E-state index >= 15 is 0 Å². The van der Waals surface area contributed by atoms with Crippen LogP contribution in [0.4, 0.5) is 0 Å². The monoisotopic (exact) mass is 403 g/mol. The van der Waals surface area contributed by atoms with Crippen LogP contribution in [-0.2, 0) is 14.8 Å².